The van der Waals surface area contributed by atoms with Crippen molar-refractivity contribution >= 4 is 0 Å². The molecular weight excluding hydrogens is 188 g/mol. The Morgan fingerprint density at radius 2 is 1.86 bits per heavy atom. The van der Waals surface area contributed by atoms with Crippen LogP contribution in [0.2, 0.25) is 0 Å². The molecule has 78 valence electrons. The summed E-state index contributed by atoms with van der Waals surface area (Å²) in [5, 5.41) is 0. The second-order valence-corrected chi connectivity index (χ2v) is 2.67. The van der Waals surface area contributed by atoms with E-state index >= 15 is 0 Å². The second kappa shape index (κ2) is 4.73. The molecule has 0 unspecified atom stereocenters. The van der Waals surface area contributed by atoms with E-state index in [1.165, 1.54) is 31.0 Å². The summed E-state index contributed by atoms with van der Waals surface area (Å²) < 4.78 is 11.8. The van der Waals surface area contributed by atoms with Crippen molar-refractivity contribution in [1.82, 2.24) is 9.13 Å². The van der Waals surface area contributed by atoms with Crippen molar-refractivity contribution in [3.05, 3.63) is 33.1 Å². The van der Waals surface area contributed by atoms with Gasteiger partial charge in [0.05, 0.1) is 0 Å². The number of methoxy groups -OCH3 is 2. The molecule has 0 aliphatic rings. The minimum absolute atomic E-state index is 0.0534. The van der Waals surface area contributed by atoms with E-state index in [9.17, 15) is 9.59 Å². The van der Waals surface area contributed by atoms with E-state index in [-0.39, 0.29) is 19.0 Å². The van der Waals surface area contributed by atoms with Crippen molar-refractivity contribution in [2.75, 3.05) is 14.2 Å². The van der Waals surface area contributed by atoms with Gasteiger partial charge in [0.2, 0.25) is 0 Å². The van der Waals surface area contributed by atoms with Gasteiger partial charge in [-0.1, -0.05) is 0 Å². The Bertz CT molecular complexity index is 407. The first-order valence-corrected chi connectivity index (χ1v) is 3.99. The summed E-state index contributed by atoms with van der Waals surface area (Å²) in [5.41, 5.74) is -0.828. The molecule has 1 aromatic rings. The maximum Gasteiger partial charge on any atom is 0.334 e. The van der Waals surface area contributed by atoms with E-state index < -0.39 is 5.69 Å². The normalized spacial score (nSPS) is 10.4. The van der Waals surface area contributed by atoms with Crippen molar-refractivity contribution in [2.45, 2.75) is 13.5 Å². The SMILES string of the molecule is COCn1ccc(=O)n(COC)c1=O. The molecule has 14 heavy (non-hydrogen) atoms. The van der Waals surface area contributed by atoms with E-state index in [2.05, 4.69) is 0 Å². The number of rotatable bonds is 4. The van der Waals surface area contributed by atoms with Gasteiger partial charge >= 0.3 is 5.69 Å². The Hall–Kier alpha value is -1.40. The van der Waals surface area contributed by atoms with Crippen molar-refractivity contribution in [3.8, 4) is 0 Å². The number of hydrogen-bond donors (Lipinski definition) is 0. The van der Waals surface area contributed by atoms with Crippen LogP contribution in [-0.2, 0) is 22.9 Å². The van der Waals surface area contributed by atoms with Gasteiger partial charge in [0.25, 0.3) is 5.56 Å². The summed E-state index contributed by atoms with van der Waals surface area (Å²) in [6.45, 7) is 0.0606. The molecule has 0 atom stereocenters. The molecule has 0 bridgehead atoms. The van der Waals surface area contributed by atoms with E-state index in [0.29, 0.717) is 0 Å². The van der Waals surface area contributed by atoms with Crippen molar-refractivity contribution < 1.29 is 9.47 Å². The predicted octanol–water partition coefficient (Wildman–Crippen LogP) is -0.782. The van der Waals surface area contributed by atoms with Gasteiger partial charge in [-0.2, -0.15) is 0 Å². The predicted molar refractivity (Wildman–Crippen MR) is 49.0 cm³/mol. The lowest BCUT2D eigenvalue weighted by Gasteiger charge is -2.07. The quantitative estimate of drug-likeness (QED) is 0.639. The molecule has 1 aromatic heterocycles. The molecule has 0 radical (unpaired) electrons. The average molecular weight is 200 g/mol. The lowest BCUT2D eigenvalue weighted by Crippen LogP contribution is -2.39. The highest BCUT2D eigenvalue weighted by Crippen LogP contribution is 1.80. The van der Waals surface area contributed by atoms with Gasteiger partial charge in [0.1, 0.15) is 13.5 Å². The fourth-order valence-electron chi connectivity index (χ4n) is 1.04. The largest absolute Gasteiger partial charge is 0.364 e. The molecule has 1 rings (SSSR count). The van der Waals surface area contributed by atoms with Crippen molar-refractivity contribution in [2.24, 2.45) is 0 Å². The minimum atomic E-state index is -0.443. The molecular formula is C8H12N2O4. The molecule has 1 heterocycles. The Balaban J connectivity index is 3.19. The highest BCUT2D eigenvalue weighted by molar-refractivity contribution is 4.85. The van der Waals surface area contributed by atoms with Crippen molar-refractivity contribution in [1.29, 1.82) is 0 Å². The molecule has 0 saturated carbocycles. The highest BCUT2D eigenvalue weighted by atomic mass is 16.5. The summed E-state index contributed by atoms with van der Waals surface area (Å²) in [6, 6.07) is 1.29. The van der Waals surface area contributed by atoms with Crippen LogP contribution in [0.5, 0.6) is 0 Å². The van der Waals surface area contributed by atoms with Crippen LogP contribution in [-0.4, -0.2) is 23.4 Å². The molecule has 0 amide bonds. The molecule has 0 saturated heterocycles. The molecule has 0 spiro atoms. The molecule has 0 aliphatic heterocycles. The standard InChI is InChI=1S/C8H12N2O4/c1-13-5-9-4-3-7(11)10(6-14-2)8(9)12/h3-4H,5-6H2,1-2H3. The monoisotopic (exact) mass is 200 g/mol. The summed E-state index contributed by atoms with van der Waals surface area (Å²) >= 11 is 0. The summed E-state index contributed by atoms with van der Waals surface area (Å²) in [5.74, 6) is 0. The number of ether oxygens (including phenoxy) is 2. The first kappa shape index (κ1) is 10.7. The third-order valence-electron chi connectivity index (χ3n) is 1.67. The van der Waals surface area contributed by atoms with Gasteiger partial charge in [-0.25, -0.2) is 9.36 Å². The van der Waals surface area contributed by atoms with Crippen LogP contribution in [0.3, 0.4) is 0 Å². The number of hydrogen-bond acceptors (Lipinski definition) is 4. The zero-order valence-electron chi connectivity index (χ0n) is 8.10. The molecule has 0 aliphatic carbocycles. The smallest absolute Gasteiger partial charge is 0.334 e. The van der Waals surface area contributed by atoms with Gasteiger partial charge < -0.3 is 9.47 Å². The zero-order chi connectivity index (χ0) is 10.6. The molecule has 0 N–H and O–H groups in total. The third-order valence-corrected chi connectivity index (χ3v) is 1.67. The van der Waals surface area contributed by atoms with Crippen LogP contribution in [0.25, 0.3) is 0 Å². The van der Waals surface area contributed by atoms with Gasteiger partial charge in [0.15, 0.2) is 0 Å². The fourth-order valence-corrected chi connectivity index (χ4v) is 1.04. The van der Waals surface area contributed by atoms with E-state index in [1.54, 1.807) is 0 Å². The van der Waals surface area contributed by atoms with Crippen LogP contribution in [0.15, 0.2) is 21.9 Å². The maximum atomic E-state index is 11.5. The zero-order valence-corrected chi connectivity index (χ0v) is 8.10. The van der Waals surface area contributed by atoms with Crippen LogP contribution in [0.4, 0.5) is 0 Å². The second-order valence-electron chi connectivity index (χ2n) is 2.67. The molecule has 6 nitrogen and oxygen atoms in total. The lowest BCUT2D eigenvalue weighted by molar-refractivity contribution is 0.105. The van der Waals surface area contributed by atoms with Gasteiger partial charge in [0, 0.05) is 26.5 Å². The Labute approximate surface area is 80.3 Å². The van der Waals surface area contributed by atoms with Gasteiger partial charge in [-0.05, 0) is 0 Å². The number of aromatic nitrogens is 2. The summed E-state index contributed by atoms with van der Waals surface area (Å²) in [4.78, 5) is 22.8. The van der Waals surface area contributed by atoms with Gasteiger partial charge in [-0.3, -0.25) is 9.36 Å². The maximum absolute atomic E-state index is 11.5. The van der Waals surface area contributed by atoms with Gasteiger partial charge in [-0.15, -0.1) is 0 Å². The topological polar surface area (TPSA) is 62.5 Å². The first-order chi connectivity index (χ1) is 6.70. The third kappa shape index (κ3) is 2.09. The summed E-state index contributed by atoms with van der Waals surface area (Å²) in [7, 11) is 2.89. The van der Waals surface area contributed by atoms with Crippen LogP contribution >= 0.6 is 0 Å². The van der Waals surface area contributed by atoms with Crippen LogP contribution in [0.1, 0.15) is 0 Å². The Morgan fingerprint density at radius 3 is 2.43 bits per heavy atom. The number of nitrogens with zero attached hydrogens (tertiary/aromatic N) is 2. The Kier molecular flexibility index (Phi) is 3.61. The van der Waals surface area contributed by atoms with Crippen LogP contribution in [0, 0.1) is 0 Å². The Morgan fingerprint density at radius 1 is 1.21 bits per heavy atom. The lowest BCUT2D eigenvalue weighted by atomic mass is 10.6. The minimum Gasteiger partial charge on any atom is -0.364 e. The van der Waals surface area contributed by atoms with Crippen LogP contribution < -0.4 is 11.2 Å². The highest BCUT2D eigenvalue weighted by Gasteiger charge is 2.03. The average Bonchev–Trinajstić information content (AvgIpc) is 2.17. The van der Waals surface area contributed by atoms with E-state index in [0.717, 1.165) is 4.57 Å². The summed E-state index contributed by atoms with van der Waals surface area (Å²) in [6.07, 6.45) is 1.39. The molecule has 0 fully saturated rings. The molecule has 6 heteroatoms. The first-order valence-electron chi connectivity index (χ1n) is 3.99. The van der Waals surface area contributed by atoms with E-state index in [4.69, 9.17) is 9.47 Å². The molecule has 0 aromatic carbocycles. The van der Waals surface area contributed by atoms with Crippen molar-refractivity contribution in [3.63, 3.8) is 0 Å². The van der Waals surface area contributed by atoms with E-state index in [1.807, 2.05) is 0 Å². The fraction of sp³-hybridized carbons (Fsp3) is 0.500.